The van der Waals surface area contributed by atoms with Crippen molar-refractivity contribution < 1.29 is 14.3 Å². The van der Waals surface area contributed by atoms with Crippen LogP contribution in [0.5, 0.6) is 0 Å². The molecular formula is C26H37N3O3. The van der Waals surface area contributed by atoms with Gasteiger partial charge < -0.3 is 14.8 Å². The Kier molecular flexibility index (Phi) is 10.2. The molecule has 0 saturated carbocycles. The molecule has 0 spiro atoms. The molecule has 1 saturated heterocycles. The molecule has 1 heterocycles. The number of amides is 1. The first-order valence-corrected chi connectivity index (χ1v) is 11.7. The monoisotopic (exact) mass is 439 g/mol. The van der Waals surface area contributed by atoms with Crippen LogP contribution in [0.4, 0.5) is 0 Å². The SMILES string of the molecule is CCOC(OCC)c1ccc(CN2CCCN(CC(=O)NCc3ccccc3)CC2)cc1. The predicted octanol–water partition coefficient (Wildman–Crippen LogP) is 3.58. The highest BCUT2D eigenvalue weighted by atomic mass is 16.7. The minimum atomic E-state index is -0.293. The molecule has 6 heteroatoms. The average molecular weight is 440 g/mol. The fourth-order valence-electron chi connectivity index (χ4n) is 3.98. The molecule has 0 bridgehead atoms. The molecule has 1 aliphatic heterocycles. The molecule has 1 fully saturated rings. The summed E-state index contributed by atoms with van der Waals surface area (Å²) in [6.07, 6.45) is 0.777. The summed E-state index contributed by atoms with van der Waals surface area (Å²) in [6, 6.07) is 18.6. The summed E-state index contributed by atoms with van der Waals surface area (Å²) in [5, 5.41) is 3.04. The van der Waals surface area contributed by atoms with Crippen molar-refractivity contribution in [2.45, 2.75) is 39.6 Å². The number of hydrogen-bond acceptors (Lipinski definition) is 5. The van der Waals surface area contributed by atoms with Crippen LogP contribution in [0.1, 0.15) is 43.2 Å². The maximum absolute atomic E-state index is 12.4. The third-order valence-corrected chi connectivity index (χ3v) is 5.68. The Morgan fingerprint density at radius 3 is 2.22 bits per heavy atom. The number of carbonyl (C=O) groups is 1. The molecule has 174 valence electrons. The standard InChI is InChI=1S/C26H37N3O3/c1-3-31-26(32-4-2)24-13-11-23(12-14-24)20-28-15-8-16-29(18-17-28)21-25(30)27-19-22-9-6-5-7-10-22/h5-7,9-14,26H,3-4,8,15-21H2,1-2H3,(H,27,30). The predicted molar refractivity (Wildman–Crippen MR) is 127 cm³/mol. The molecule has 32 heavy (non-hydrogen) atoms. The van der Waals surface area contributed by atoms with E-state index >= 15 is 0 Å². The lowest BCUT2D eigenvalue weighted by Gasteiger charge is -2.22. The van der Waals surface area contributed by atoms with Gasteiger partial charge in [-0.1, -0.05) is 54.6 Å². The Labute approximate surface area is 192 Å². The number of rotatable bonds is 11. The zero-order valence-corrected chi connectivity index (χ0v) is 19.5. The van der Waals surface area contributed by atoms with Gasteiger partial charge in [0.25, 0.3) is 0 Å². The molecule has 1 amide bonds. The molecule has 0 aliphatic carbocycles. The minimum Gasteiger partial charge on any atom is -0.351 e. The maximum Gasteiger partial charge on any atom is 0.234 e. The third kappa shape index (κ3) is 8.02. The number of carbonyl (C=O) groups excluding carboxylic acids is 1. The number of nitrogens with one attached hydrogen (secondary N) is 1. The molecule has 1 N–H and O–H groups in total. The van der Waals surface area contributed by atoms with Gasteiger partial charge in [-0.2, -0.15) is 0 Å². The molecule has 2 aromatic carbocycles. The van der Waals surface area contributed by atoms with Gasteiger partial charge >= 0.3 is 0 Å². The second kappa shape index (κ2) is 13.3. The summed E-state index contributed by atoms with van der Waals surface area (Å²) in [5.74, 6) is 0.0936. The van der Waals surface area contributed by atoms with Gasteiger partial charge in [0.2, 0.25) is 5.91 Å². The Bertz CT molecular complexity index is 792. The fraction of sp³-hybridized carbons (Fsp3) is 0.500. The van der Waals surface area contributed by atoms with Gasteiger partial charge in [0.05, 0.1) is 6.54 Å². The van der Waals surface area contributed by atoms with E-state index in [4.69, 9.17) is 9.47 Å². The first kappa shape index (κ1) is 24.4. The van der Waals surface area contributed by atoms with Gasteiger partial charge in [0.1, 0.15) is 0 Å². The van der Waals surface area contributed by atoms with Crippen molar-refractivity contribution >= 4 is 5.91 Å². The Hall–Kier alpha value is -2.25. The lowest BCUT2D eigenvalue weighted by atomic mass is 10.1. The Balaban J connectivity index is 1.43. The van der Waals surface area contributed by atoms with Crippen molar-refractivity contribution in [3.63, 3.8) is 0 Å². The molecule has 0 unspecified atom stereocenters. The van der Waals surface area contributed by atoms with Crippen LogP contribution < -0.4 is 5.32 Å². The van der Waals surface area contributed by atoms with Crippen molar-refractivity contribution in [1.82, 2.24) is 15.1 Å². The summed E-state index contributed by atoms with van der Waals surface area (Å²) in [5.41, 5.74) is 3.47. The van der Waals surface area contributed by atoms with Crippen molar-refractivity contribution in [2.75, 3.05) is 45.9 Å². The van der Waals surface area contributed by atoms with E-state index in [0.29, 0.717) is 26.3 Å². The van der Waals surface area contributed by atoms with E-state index in [1.807, 2.05) is 44.2 Å². The summed E-state index contributed by atoms with van der Waals surface area (Å²) >= 11 is 0. The number of ether oxygens (including phenoxy) is 2. The molecule has 0 aromatic heterocycles. The number of hydrogen-bond donors (Lipinski definition) is 1. The Morgan fingerprint density at radius 2 is 1.53 bits per heavy atom. The van der Waals surface area contributed by atoms with Crippen LogP contribution in [0.2, 0.25) is 0 Å². The van der Waals surface area contributed by atoms with E-state index in [1.54, 1.807) is 0 Å². The summed E-state index contributed by atoms with van der Waals surface area (Å²) < 4.78 is 11.4. The third-order valence-electron chi connectivity index (χ3n) is 5.68. The van der Waals surface area contributed by atoms with E-state index in [1.165, 1.54) is 5.56 Å². The number of nitrogens with zero attached hydrogens (tertiary/aromatic N) is 2. The van der Waals surface area contributed by atoms with Gasteiger partial charge in [0.15, 0.2) is 6.29 Å². The van der Waals surface area contributed by atoms with E-state index in [9.17, 15) is 4.79 Å². The maximum atomic E-state index is 12.4. The van der Waals surface area contributed by atoms with Crippen LogP contribution in [0, 0.1) is 0 Å². The molecule has 0 atom stereocenters. The molecule has 3 rings (SSSR count). The zero-order chi connectivity index (χ0) is 22.6. The van der Waals surface area contributed by atoms with Crippen molar-refractivity contribution in [3.05, 3.63) is 71.3 Å². The minimum absolute atomic E-state index is 0.0936. The van der Waals surface area contributed by atoms with E-state index in [2.05, 4.69) is 39.4 Å². The molecule has 1 aliphatic rings. The van der Waals surface area contributed by atoms with Crippen molar-refractivity contribution in [2.24, 2.45) is 0 Å². The van der Waals surface area contributed by atoms with Crippen LogP contribution in [0.3, 0.4) is 0 Å². The van der Waals surface area contributed by atoms with E-state index < -0.39 is 0 Å². The van der Waals surface area contributed by atoms with Gasteiger partial charge in [-0.25, -0.2) is 0 Å². The van der Waals surface area contributed by atoms with Gasteiger partial charge in [-0.05, 0) is 44.5 Å². The number of benzene rings is 2. The first-order valence-electron chi connectivity index (χ1n) is 11.7. The van der Waals surface area contributed by atoms with Gasteiger partial charge in [0, 0.05) is 45.0 Å². The highest BCUT2D eigenvalue weighted by Crippen LogP contribution is 2.20. The second-order valence-electron chi connectivity index (χ2n) is 8.15. The second-order valence-corrected chi connectivity index (χ2v) is 8.15. The average Bonchev–Trinajstić information content (AvgIpc) is 3.04. The van der Waals surface area contributed by atoms with Crippen LogP contribution >= 0.6 is 0 Å². The molecule has 6 nitrogen and oxygen atoms in total. The van der Waals surface area contributed by atoms with Crippen LogP contribution in [0.15, 0.2) is 54.6 Å². The summed E-state index contributed by atoms with van der Waals surface area (Å²) in [6.45, 7) is 11.1. The van der Waals surface area contributed by atoms with E-state index in [-0.39, 0.29) is 12.2 Å². The van der Waals surface area contributed by atoms with Crippen LogP contribution in [-0.4, -0.2) is 61.6 Å². The highest BCUT2D eigenvalue weighted by molar-refractivity contribution is 5.78. The Morgan fingerprint density at radius 1 is 0.875 bits per heavy atom. The first-order chi connectivity index (χ1) is 15.7. The smallest absolute Gasteiger partial charge is 0.234 e. The lowest BCUT2D eigenvalue weighted by Crippen LogP contribution is -2.39. The highest BCUT2D eigenvalue weighted by Gasteiger charge is 2.18. The van der Waals surface area contributed by atoms with Gasteiger partial charge in [-0.3, -0.25) is 14.6 Å². The molecular weight excluding hydrogens is 402 g/mol. The van der Waals surface area contributed by atoms with Crippen molar-refractivity contribution in [1.29, 1.82) is 0 Å². The van der Waals surface area contributed by atoms with Gasteiger partial charge in [-0.15, -0.1) is 0 Å². The van der Waals surface area contributed by atoms with Crippen LogP contribution in [-0.2, 0) is 27.4 Å². The molecule has 2 aromatic rings. The topological polar surface area (TPSA) is 54.0 Å². The van der Waals surface area contributed by atoms with E-state index in [0.717, 1.165) is 50.3 Å². The zero-order valence-electron chi connectivity index (χ0n) is 19.5. The summed E-state index contributed by atoms with van der Waals surface area (Å²) in [4.78, 5) is 17.1. The van der Waals surface area contributed by atoms with Crippen LogP contribution in [0.25, 0.3) is 0 Å². The summed E-state index contributed by atoms with van der Waals surface area (Å²) in [7, 11) is 0. The molecule has 0 radical (unpaired) electrons. The lowest BCUT2D eigenvalue weighted by molar-refractivity contribution is -0.140. The van der Waals surface area contributed by atoms with Crippen molar-refractivity contribution in [3.8, 4) is 0 Å². The normalized spacial score (nSPS) is 15.6. The largest absolute Gasteiger partial charge is 0.351 e. The quantitative estimate of drug-likeness (QED) is 0.543. The fourth-order valence-corrected chi connectivity index (χ4v) is 3.98.